The normalized spacial score (nSPS) is 19.4. The Hall–Kier alpha value is -1.10. The molecule has 1 aliphatic rings. The minimum atomic E-state index is -0.307. The summed E-state index contributed by atoms with van der Waals surface area (Å²) in [7, 11) is 0. The summed E-state index contributed by atoms with van der Waals surface area (Å²) in [6.07, 6.45) is 2.67. The molecule has 1 atom stereocenters. The Bertz CT molecular complexity index is 237. The van der Waals surface area contributed by atoms with Crippen LogP contribution in [0.2, 0.25) is 0 Å². The number of carbonyl (C=O) groups is 2. The van der Waals surface area contributed by atoms with Gasteiger partial charge in [0.05, 0.1) is 0 Å². The molecule has 92 valence electrons. The number of nitrogens with one attached hydrogen (secondary N) is 2. The van der Waals surface area contributed by atoms with E-state index in [0.717, 1.165) is 19.3 Å². The third-order valence-electron chi connectivity index (χ3n) is 2.45. The molecule has 0 aromatic heterocycles. The zero-order valence-electron chi connectivity index (χ0n) is 9.75. The maximum atomic E-state index is 11.5. The molecular formula is C11H20N2O3. The van der Waals surface area contributed by atoms with E-state index in [9.17, 15) is 9.59 Å². The van der Waals surface area contributed by atoms with Gasteiger partial charge in [0.1, 0.15) is 6.10 Å². The summed E-state index contributed by atoms with van der Waals surface area (Å²) >= 11 is 0. The molecule has 1 aliphatic heterocycles. The van der Waals surface area contributed by atoms with Crippen LogP contribution in [0.25, 0.3) is 0 Å². The Morgan fingerprint density at radius 2 is 2.12 bits per heavy atom. The van der Waals surface area contributed by atoms with Gasteiger partial charge in [-0.05, 0) is 19.3 Å². The number of amides is 2. The largest absolute Gasteiger partial charge is 0.368 e. The van der Waals surface area contributed by atoms with Crippen molar-refractivity contribution in [1.29, 1.82) is 0 Å². The summed E-state index contributed by atoms with van der Waals surface area (Å²) in [6, 6.07) is 0. The third kappa shape index (κ3) is 4.61. The van der Waals surface area contributed by atoms with Crippen LogP contribution in [0.5, 0.6) is 0 Å². The van der Waals surface area contributed by atoms with Crippen molar-refractivity contribution < 1.29 is 14.3 Å². The predicted octanol–water partition coefficient (Wildman–Crippen LogP) is 0.198. The molecule has 1 rings (SSSR count). The highest BCUT2D eigenvalue weighted by Crippen LogP contribution is 2.11. The molecule has 1 fully saturated rings. The van der Waals surface area contributed by atoms with Crippen molar-refractivity contribution in [3.63, 3.8) is 0 Å². The first-order chi connectivity index (χ1) is 7.74. The highest BCUT2D eigenvalue weighted by atomic mass is 16.5. The Balaban J connectivity index is 2.05. The van der Waals surface area contributed by atoms with Crippen molar-refractivity contribution in [2.24, 2.45) is 0 Å². The molecule has 0 aliphatic carbocycles. The fourth-order valence-corrected chi connectivity index (χ4v) is 1.55. The molecule has 5 nitrogen and oxygen atoms in total. The van der Waals surface area contributed by atoms with Crippen LogP contribution in [0, 0.1) is 0 Å². The molecule has 2 amide bonds. The quantitative estimate of drug-likeness (QED) is 0.682. The molecule has 0 bridgehead atoms. The minimum absolute atomic E-state index is 0.0190. The van der Waals surface area contributed by atoms with Crippen molar-refractivity contribution in [3.05, 3.63) is 0 Å². The maximum Gasteiger partial charge on any atom is 0.249 e. The van der Waals surface area contributed by atoms with Crippen LogP contribution < -0.4 is 10.6 Å². The van der Waals surface area contributed by atoms with Crippen LogP contribution >= 0.6 is 0 Å². The molecule has 0 saturated carbocycles. The van der Waals surface area contributed by atoms with Crippen molar-refractivity contribution in [2.75, 3.05) is 19.7 Å². The first kappa shape index (κ1) is 13.0. The second kappa shape index (κ2) is 7.22. The Labute approximate surface area is 95.9 Å². The summed E-state index contributed by atoms with van der Waals surface area (Å²) in [5.74, 6) is -0.115. The number of rotatable bonds is 6. The zero-order valence-corrected chi connectivity index (χ0v) is 9.75. The van der Waals surface area contributed by atoms with E-state index in [2.05, 4.69) is 10.6 Å². The SMILES string of the molecule is CCCNC(=O)CCNC(=O)C1CCCO1. The topological polar surface area (TPSA) is 67.4 Å². The van der Waals surface area contributed by atoms with E-state index in [4.69, 9.17) is 4.74 Å². The van der Waals surface area contributed by atoms with Gasteiger partial charge in [0.25, 0.3) is 0 Å². The van der Waals surface area contributed by atoms with Gasteiger partial charge in [0.15, 0.2) is 0 Å². The molecule has 5 heteroatoms. The van der Waals surface area contributed by atoms with E-state index in [0.29, 0.717) is 26.1 Å². The number of ether oxygens (including phenoxy) is 1. The van der Waals surface area contributed by atoms with Crippen molar-refractivity contribution in [1.82, 2.24) is 10.6 Å². The maximum absolute atomic E-state index is 11.5. The Kier molecular flexibility index (Phi) is 5.85. The van der Waals surface area contributed by atoms with Gasteiger partial charge in [0, 0.05) is 26.1 Å². The van der Waals surface area contributed by atoms with E-state index < -0.39 is 0 Å². The van der Waals surface area contributed by atoms with Crippen molar-refractivity contribution in [3.8, 4) is 0 Å². The lowest BCUT2D eigenvalue weighted by Crippen LogP contribution is -2.36. The first-order valence-corrected chi connectivity index (χ1v) is 5.90. The predicted molar refractivity (Wildman–Crippen MR) is 59.9 cm³/mol. The molecule has 0 aromatic carbocycles. The van der Waals surface area contributed by atoms with E-state index in [1.807, 2.05) is 6.92 Å². The molecule has 1 heterocycles. The van der Waals surface area contributed by atoms with E-state index in [1.54, 1.807) is 0 Å². The van der Waals surface area contributed by atoms with Gasteiger partial charge in [0.2, 0.25) is 11.8 Å². The molecule has 0 radical (unpaired) electrons. The summed E-state index contributed by atoms with van der Waals surface area (Å²) in [5, 5.41) is 5.46. The fourth-order valence-electron chi connectivity index (χ4n) is 1.55. The zero-order chi connectivity index (χ0) is 11.8. The number of hydrogen-bond donors (Lipinski definition) is 2. The van der Waals surface area contributed by atoms with Gasteiger partial charge in [-0.1, -0.05) is 6.92 Å². The molecular weight excluding hydrogens is 208 g/mol. The smallest absolute Gasteiger partial charge is 0.249 e. The van der Waals surface area contributed by atoms with Crippen LogP contribution in [0.1, 0.15) is 32.6 Å². The molecule has 0 aromatic rings. The molecule has 16 heavy (non-hydrogen) atoms. The van der Waals surface area contributed by atoms with Gasteiger partial charge in [-0.15, -0.1) is 0 Å². The van der Waals surface area contributed by atoms with E-state index >= 15 is 0 Å². The molecule has 0 spiro atoms. The van der Waals surface area contributed by atoms with Gasteiger partial charge < -0.3 is 15.4 Å². The molecule has 1 unspecified atom stereocenters. The summed E-state index contributed by atoms with van der Waals surface area (Å²) in [4.78, 5) is 22.7. The van der Waals surface area contributed by atoms with Crippen LogP contribution in [0.3, 0.4) is 0 Å². The average molecular weight is 228 g/mol. The first-order valence-electron chi connectivity index (χ1n) is 5.90. The van der Waals surface area contributed by atoms with Crippen LogP contribution in [-0.4, -0.2) is 37.6 Å². The minimum Gasteiger partial charge on any atom is -0.368 e. The van der Waals surface area contributed by atoms with Gasteiger partial charge in [-0.25, -0.2) is 0 Å². The van der Waals surface area contributed by atoms with Crippen LogP contribution in [0.4, 0.5) is 0 Å². The summed E-state index contributed by atoms with van der Waals surface area (Å²) < 4.78 is 5.22. The van der Waals surface area contributed by atoms with Gasteiger partial charge >= 0.3 is 0 Å². The average Bonchev–Trinajstić information content (AvgIpc) is 2.79. The molecule has 2 N–H and O–H groups in total. The lowest BCUT2D eigenvalue weighted by Gasteiger charge is -2.10. The van der Waals surface area contributed by atoms with Gasteiger partial charge in [-0.3, -0.25) is 9.59 Å². The standard InChI is InChI=1S/C11H20N2O3/c1-2-6-12-10(14)5-7-13-11(15)9-4-3-8-16-9/h9H,2-8H2,1H3,(H,12,14)(H,13,15). The lowest BCUT2D eigenvalue weighted by molar-refractivity contribution is -0.130. The second-order valence-electron chi connectivity index (χ2n) is 3.89. The summed E-state index contributed by atoms with van der Waals surface area (Å²) in [6.45, 7) is 3.74. The fraction of sp³-hybridized carbons (Fsp3) is 0.818. The van der Waals surface area contributed by atoms with Crippen LogP contribution in [0.15, 0.2) is 0 Å². The highest BCUT2D eigenvalue weighted by molar-refractivity contribution is 5.82. The van der Waals surface area contributed by atoms with Crippen LogP contribution in [-0.2, 0) is 14.3 Å². The Morgan fingerprint density at radius 3 is 2.75 bits per heavy atom. The second-order valence-corrected chi connectivity index (χ2v) is 3.89. The number of carbonyl (C=O) groups excluding carboxylic acids is 2. The highest BCUT2D eigenvalue weighted by Gasteiger charge is 2.22. The summed E-state index contributed by atoms with van der Waals surface area (Å²) in [5.41, 5.74) is 0. The lowest BCUT2D eigenvalue weighted by atomic mass is 10.2. The monoisotopic (exact) mass is 228 g/mol. The Morgan fingerprint density at radius 1 is 1.31 bits per heavy atom. The van der Waals surface area contributed by atoms with Crippen molar-refractivity contribution >= 4 is 11.8 Å². The van der Waals surface area contributed by atoms with E-state index in [-0.39, 0.29) is 17.9 Å². The van der Waals surface area contributed by atoms with Gasteiger partial charge in [-0.2, -0.15) is 0 Å². The van der Waals surface area contributed by atoms with E-state index in [1.165, 1.54) is 0 Å². The third-order valence-corrected chi connectivity index (χ3v) is 2.45. The molecule has 1 saturated heterocycles. The van der Waals surface area contributed by atoms with Crippen molar-refractivity contribution in [2.45, 2.75) is 38.7 Å². The number of hydrogen-bond acceptors (Lipinski definition) is 3.